The minimum atomic E-state index is -0.320. The van der Waals surface area contributed by atoms with Gasteiger partial charge in [-0.05, 0) is 30.2 Å². The number of hydrogen-bond acceptors (Lipinski definition) is 5. The Labute approximate surface area is 147 Å². The molecule has 2 aromatic rings. The number of ketones is 1. The van der Waals surface area contributed by atoms with E-state index < -0.39 is 0 Å². The lowest BCUT2D eigenvalue weighted by Gasteiger charge is -2.17. The SMILES string of the molecule is O=C(CCCOCc1ccccc1)Oc1ccc2c(c1)C(=O)CCN2. The lowest BCUT2D eigenvalue weighted by Crippen LogP contribution is -2.18. The number of carbonyl (C=O) groups excluding carboxylic acids is 2. The fraction of sp³-hybridized carbons (Fsp3) is 0.300. The van der Waals surface area contributed by atoms with E-state index in [-0.39, 0.29) is 18.2 Å². The summed E-state index contributed by atoms with van der Waals surface area (Å²) in [5, 5.41) is 3.16. The number of anilines is 1. The third kappa shape index (κ3) is 4.90. The average Bonchev–Trinajstić information content (AvgIpc) is 2.63. The van der Waals surface area contributed by atoms with Gasteiger partial charge in [-0.2, -0.15) is 0 Å². The fourth-order valence-electron chi connectivity index (χ4n) is 2.68. The number of benzene rings is 2. The van der Waals surface area contributed by atoms with Gasteiger partial charge in [-0.15, -0.1) is 0 Å². The van der Waals surface area contributed by atoms with Gasteiger partial charge in [0.1, 0.15) is 5.75 Å². The van der Waals surface area contributed by atoms with E-state index in [0.29, 0.717) is 43.9 Å². The highest BCUT2D eigenvalue weighted by molar-refractivity contribution is 6.03. The zero-order valence-electron chi connectivity index (χ0n) is 14.0. The summed E-state index contributed by atoms with van der Waals surface area (Å²) in [6, 6.07) is 15.0. The van der Waals surface area contributed by atoms with Gasteiger partial charge in [-0.3, -0.25) is 9.59 Å². The van der Waals surface area contributed by atoms with E-state index in [0.717, 1.165) is 11.3 Å². The van der Waals surface area contributed by atoms with Crippen molar-refractivity contribution in [3.8, 4) is 5.75 Å². The highest BCUT2D eigenvalue weighted by Crippen LogP contribution is 2.26. The first-order valence-electron chi connectivity index (χ1n) is 8.46. The van der Waals surface area contributed by atoms with Gasteiger partial charge in [0.15, 0.2) is 5.78 Å². The third-order valence-corrected chi connectivity index (χ3v) is 3.97. The van der Waals surface area contributed by atoms with Crippen LogP contribution in [0.5, 0.6) is 5.75 Å². The van der Waals surface area contributed by atoms with Crippen LogP contribution in [0, 0.1) is 0 Å². The second-order valence-electron chi connectivity index (χ2n) is 5.92. The van der Waals surface area contributed by atoms with Crippen LogP contribution in [0.15, 0.2) is 48.5 Å². The molecule has 1 aliphatic heterocycles. The maximum Gasteiger partial charge on any atom is 0.311 e. The summed E-state index contributed by atoms with van der Waals surface area (Å²) in [4.78, 5) is 23.8. The highest BCUT2D eigenvalue weighted by atomic mass is 16.5. The average molecular weight is 339 g/mol. The molecule has 0 fully saturated rings. The Balaban J connectivity index is 1.41. The van der Waals surface area contributed by atoms with Crippen LogP contribution >= 0.6 is 0 Å². The molecule has 3 rings (SSSR count). The van der Waals surface area contributed by atoms with Crippen molar-refractivity contribution in [3.63, 3.8) is 0 Å². The van der Waals surface area contributed by atoms with Crippen molar-refractivity contribution in [1.82, 2.24) is 0 Å². The molecule has 0 amide bonds. The summed E-state index contributed by atoms with van der Waals surface area (Å²) >= 11 is 0. The molecule has 1 aliphatic rings. The number of fused-ring (bicyclic) bond motifs is 1. The number of rotatable bonds is 7. The number of carbonyl (C=O) groups is 2. The van der Waals surface area contributed by atoms with Gasteiger partial charge in [0.2, 0.25) is 0 Å². The zero-order chi connectivity index (χ0) is 17.5. The van der Waals surface area contributed by atoms with E-state index in [1.165, 1.54) is 0 Å². The van der Waals surface area contributed by atoms with E-state index in [1.54, 1.807) is 18.2 Å². The summed E-state index contributed by atoms with van der Waals surface area (Å²) in [5.41, 5.74) is 2.49. The van der Waals surface area contributed by atoms with Crippen LogP contribution in [-0.4, -0.2) is 24.9 Å². The molecule has 1 N–H and O–H groups in total. The molecule has 0 unspecified atom stereocenters. The van der Waals surface area contributed by atoms with Crippen molar-refractivity contribution in [2.45, 2.75) is 25.9 Å². The molecule has 5 heteroatoms. The summed E-state index contributed by atoms with van der Waals surface area (Å²) < 4.78 is 10.9. The standard InChI is InChI=1S/C20H21NO4/c22-19-10-11-21-18-9-8-16(13-17(18)19)25-20(23)7-4-12-24-14-15-5-2-1-3-6-15/h1-3,5-6,8-9,13,21H,4,7,10-12,14H2. The number of hydrogen-bond donors (Lipinski definition) is 1. The van der Waals surface area contributed by atoms with Gasteiger partial charge in [-0.25, -0.2) is 0 Å². The zero-order valence-corrected chi connectivity index (χ0v) is 14.0. The Morgan fingerprint density at radius 1 is 1.12 bits per heavy atom. The molecule has 0 bridgehead atoms. The van der Waals surface area contributed by atoms with Crippen molar-refractivity contribution >= 4 is 17.4 Å². The molecular weight excluding hydrogens is 318 g/mol. The molecule has 25 heavy (non-hydrogen) atoms. The minimum Gasteiger partial charge on any atom is -0.427 e. The molecule has 130 valence electrons. The molecule has 0 saturated carbocycles. The maximum atomic E-state index is 11.9. The molecule has 2 aromatic carbocycles. The lowest BCUT2D eigenvalue weighted by atomic mass is 10.0. The van der Waals surface area contributed by atoms with Crippen LogP contribution in [0.4, 0.5) is 5.69 Å². The van der Waals surface area contributed by atoms with Crippen molar-refractivity contribution in [2.75, 3.05) is 18.5 Å². The Morgan fingerprint density at radius 2 is 1.96 bits per heavy atom. The Kier molecular flexibility index (Phi) is 5.80. The van der Waals surface area contributed by atoms with E-state index in [2.05, 4.69) is 5.32 Å². The second-order valence-corrected chi connectivity index (χ2v) is 5.92. The number of nitrogens with one attached hydrogen (secondary N) is 1. The smallest absolute Gasteiger partial charge is 0.311 e. The fourth-order valence-corrected chi connectivity index (χ4v) is 2.68. The quantitative estimate of drug-likeness (QED) is 0.474. The Hall–Kier alpha value is -2.66. The molecule has 0 radical (unpaired) electrons. The normalized spacial score (nSPS) is 13.0. The van der Waals surface area contributed by atoms with Crippen molar-refractivity contribution in [2.24, 2.45) is 0 Å². The number of ether oxygens (including phenoxy) is 2. The minimum absolute atomic E-state index is 0.0703. The Morgan fingerprint density at radius 3 is 2.80 bits per heavy atom. The molecule has 0 aliphatic carbocycles. The second kappa shape index (κ2) is 8.44. The van der Waals surface area contributed by atoms with Gasteiger partial charge in [0, 0.05) is 37.2 Å². The van der Waals surface area contributed by atoms with Gasteiger partial charge in [0.25, 0.3) is 0 Å². The van der Waals surface area contributed by atoms with E-state index in [9.17, 15) is 9.59 Å². The van der Waals surface area contributed by atoms with Crippen LogP contribution in [0.1, 0.15) is 35.2 Å². The van der Waals surface area contributed by atoms with Crippen LogP contribution in [0.25, 0.3) is 0 Å². The first-order chi connectivity index (χ1) is 12.2. The van der Waals surface area contributed by atoms with Crippen LogP contribution in [0.3, 0.4) is 0 Å². The predicted molar refractivity (Wildman–Crippen MR) is 94.8 cm³/mol. The van der Waals surface area contributed by atoms with Crippen molar-refractivity contribution in [3.05, 3.63) is 59.7 Å². The van der Waals surface area contributed by atoms with Crippen LogP contribution < -0.4 is 10.1 Å². The van der Waals surface area contributed by atoms with Gasteiger partial charge in [-0.1, -0.05) is 30.3 Å². The molecule has 0 spiro atoms. The van der Waals surface area contributed by atoms with Gasteiger partial charge < -0.3 is 14.8 Å². The summed E-state index contributed by atoms with van der Waals surface area (Å²) in [5.74, 6) is 0.159. The molecule has 0 atom stereocenters. The first kappa shape index (κ1) is 17.2. The molecule has 0 saturated heterocycles. The van der Waals surface area contributed by atoms with E-state index in [1.807, 2.05) is 30.3 Å². The van der Waals surface area contributed by atoms with Crippen molar-refractivity contribution < 1.29 is 19.1 Å². The monoisotopic (exact) mass is 339 g/mol. The topological polar surface area (TPSA) is 64.6 Å². The largest absolute Gasteiger partial charge is 0.427 e. The molecule has 0 aromatic heterocycles. The van der Waals surface area contributed by atoms with E-state index >= 15 is 0 Å². The molecule has 1 heterocycles. The molecular formula is C20H21NO4. The van der Waals surface area contributed by atoms with Gasteiger partial charge in [0.05, 0.1) is 6.61 Å². The maximum absolute atomic E-state index is 11.9. The van der Waals surface area contributed by atoms with Crippen molar-refractivity contribution in [1.29, 1.82) is 0 Å². The Bertz CT molecular complexity index is 743. The van der Waals surface area contributed by atoms with Crippen LogP contribution in [-0.2, 0) is 16.1 Å². The lowest BCUT2D eigenvalue weighted by molar-refractivity contribution is -0.134. The summed E-state index contributed by atoms with van der Waals surface area (Å²) in [6.45, 7) is 1.68. The first-order valence-corrected chi connectivity index (χ1v) is 8.46. The summed E-state index contributed by atoms with van der Waals surface area (Å²) in [7, 11) is 0. The highest BCUT2D eigenvalue weighted by Gasteiger charge is 2.18. The van der Waals surface area contributed by atoms with Crippen LogP contribution in [0.2, 0.25) is 0 Å². The number of Topliss-reactive ketones (excluding diaryl/α,β-unsaturated/α-hetero) is 1. The third-order valence-electron chi connectivity index (χ3n) is 3.97. The number of esters is 1. The van der Waals surface area contributed by atoms with Gasteiger partial charge >= 0.3 is 5.97 Å². The predicted octanol–water partition coefficient (Wildman–Crippen LogP) is 3.59. The summed E-state index contributed by atoms with van der Waals surface area (Å²) in [6.07, 6.45) is 1.33. The molecule has 5 nitrogen and oxygen atoms in total. The van der Waals surface area contributed by atoms with E-state index in [4.69, 9.17) is 9.47 Å².